The number of hydrogen-bond donors (Lipinski definition) is 2. The molecule has 1 unspecified atom stereocenters. The first-order valence-electron chi connectivity index (χ1n) is 8.55. The lowest BCUT2D eigenvalue weighted by molar-refractivity contribution is -0.123. The second-order valence-corrected chi connectivity index (χ2v) is 6.74. The zero-order valence-corrected chi connectivity index (χ0v) is 15.3. The molecule has 0 bridgehead atoms. The summed E-state index contributed by atoms with van der Waals surface area (Å²) in [7, 11) is 0. The average molecular weight is 381 g/mol. The van der Waals surface area contributed by atoms with Crippen molar-refractivity contribution in [2.45, 2.75) is 19.5 Å². The molecule has 4 aromatic rings. The van der Waals surface area contributed by atoms with Crippen LogP contribution in [0.2, 0.25) is 5.02 Å². The van der Waals surface area contributed by atoms with Crippen LogP contribution in [-0.2, 0) is 11.3 Å². The molecule has 0 saturated carbocycles. The number of rotatable bonds is 4. The Labute approximate surface area is 159 Å². The number of H-pyrrole nitrogens is 1. The van der Waals surface area contributed by atoms with Crippen LogP contribution in [0.1, 0.15) is 18.5 Å². The van der Waals surface area contributed by atoms with Crippen molar-refractivity contribution in [2.24, 2.45) is 0 Å². The Morgan fingerprint density at radius 2 is 1.93 bits per heavy atom. The van der Waals surface area contributed by atoms with E-state index in [9.17, 15) is 9.59 Å². The maximum Gasteiger partial charge on any atom is 0.288 e. The molecule has 2 N–H and O–H groups in total. The lowest BCUT2D eigenvalue weighted by Crippen LogP contribution is -2.31. The zero-order chi connectivity index (χ0) is 19.0. The minimum atomic E-state index is -0.585. The Kier molecular flexibility index (Phi) is 4.41. The van der Waals surface area contributed by atoms with E-state index in [0.29, 0.717) is 17.1 Å². The number of benzene rings is 2. The summed E-state index contributed by atoms with van der Waals surface area (Å²) in [4.78, 5) is 25.3. The lowest BCUT2D eigenvalue weighted by atomic mass is 10.2. The second kappa shape index (κ2) is 6.89. The molecule has 27 heavy (non-hydrogen) atoms. The molecule has 0 aliphatic rings. The summed E-state index contributed by atoms with van der Waals surface area (Å²) in [5, 5.41) is 11.5. The summed E-state index contributed by atoms with van der Waals surface area (Å²) in [5.41, 5.74) is 1.76. The highest BCUT2D eigenvalue weighted by molar-refractivity contribution is 6.31. The number of fused-ring (bicyclic) bond motifs is 3. The zero-order valence-electron chi connectivity index (χ0n) is 14.6. The highest BCUT2D eigenvalue weighted by atomic mass is 35.5. The summed E-state index contributed by atoms with van der Waals surface area (Å²) in [6.45, 7) is 2.09. The molecule has 0 fully saturated rings. The molecule has 2 aromatic carbocycles. The number of hydrogen-bond acceptors (Lipinski definition) is 3. The quantitative estimate of drug-likeness (QED) is 0.569. The molecule has 1 amide bonds. The molecule has 136 valence electrons. The van der Waals surface area contributed by atoms with Gasteiger partial charge in [-0.15, -0.1) is 0 Å². The number of halogens is 1. The summed E-state index contributed by atoms with van der Waals surface area (Å²) in [5.74, 6) is -0.200. The van der Waals surface area contributed by atoms with Gasteiger partial charge in [0.2, 0.25) is 5.91 Å². The standard InChI is InChI=1S/C20H17ClN4O2/c1-12(19(26)22-10-13-6-2-4-8-16(13)21)25-17-9-5-3-7-14(17)15-11-23-24-20(27)18(15)25/h2-9,11-12H,10H2,1H3,(H,22,26)(H,24,27). The molecule has 2 heterocycles. The van der Waals surface area contributed by atoms with Crippen LogP contribution in [0.25, 0.3) is 21.8 Å². The van der Waals surface area contributed by atoms with Crippen LogP contribution < -0.4 is 10.9 Å². The van der Waals surface area contributed by atoms with Crippen molar-refractivity contribution in [2.75, 3.05) is 0 Å². The van der Waals surface area contributed by atoms with E-state index in [-0.39, 0.29) is 11.5 Å². The molecule has 1 atom stereocenters. The fraction of sp³-hybridized carbons (Fsp3) is 0.150. The number of nitrogens with one attached hydrogen (secondary N) is 2. The number of carbonyl (C=O) groups is 1. The average Bonchev–Trinajstić information content (AvgIpc) is 3.02. The van der Waals surface area contributed by atoms with E-state index in [0.717, 1.165) is 21.9 Å². The van der Waals surface area contributed by atoms with Crippen LogP contribution in [0.4, 0.5) is 0 Å². The van der Waals surface area contributed by atoms with Gasteiger partial charge in [-0.05, 0) is 24.6 Å². The summed E-state index contributed by atoms with van der Waals surface area (Å²) in [6.07, 6.45) is 1.62. The van der Waals surface area contributed by atoms with Gasteiger partial charge in [-0.1, -0.05) is 48.0 Å². The number of para-hydroxylation sites is 1. The Morgan fingerprint density at radius 1 is 1.19 bits per heavy atom. The van der Waals surface area contributed by atoms with Crippen molar-refractivity contribution < 1.29 is 4.79 Å². The van der Waals surface area contributed by atoms with E-state index in [2.05, 4.69) is 15.5 Å². The molecule has 2 aromatic heterocycles. The van der Waals surface area contributed by atoms with Crippen molar-refractivity contribution >= 4 is 39.3 Å². The molecular weight excluding hydrogens is 364 g/mol. The SMILES string of the molecule is CC(C(=O)NCc1ccccc1Cl)n1c2ccccc2c2cn[nH]c(=O)c21. The maximum atomic E-state index is 12.8. The molecule has 4 rings (SSSR count). The van der Waals surface area contributed by atoms with Gasteiger partial charge in [-0.2, -0.15) is 5.10 Å². The van der Waals surface area contributed by atoms with Gasteiger partial charge in [-0.3, -0.25) is 9.59 Å². The van der Waals surface area contributed by atoms with E-state index in [1.54, 1.807) is 23.8 Å². The van der Waals surface area contributed by atoms with E-state index in [1.165, 1.54) is 0 Å². The van der Waals surface area contributed by atoms with Gasteiger partial charge < -0.3 is 9.88 Å². The third-order valence-electron chi connectivity index (χ3n) is 4.70. The van der Waals surface area contributed by atoms with Crippen LogP contribution in [-0.4, -0.2) is 20.7 Å². The van der Waals surface area contributed by atoms with Crippen LogP contribution in [0.3, 0.4) is 0 Å². The molecule has 0 spiro atoms. The van der Waals surface area contributed by atoms with Crippen LogP contribution >= 0.6 is 11.6 Å². The van der Waals surface area contributed by atoms with Gasteiger partial charge in [0, 0.05) is 22.3 Å². The van der Waals surface area contributed by atoms with Gasteiger partial charge in [0.1, 0.15) is 11.6 Å². The number of aromatic amines is 1. The third kappa shape index (κ3) is 2.98. The van der Waals surface area contributed by atoms with Crippen LogP contribution in [0.15, 0.2) is 59.5 Å². The van der Waals surface area contributed by atoms with E-state index in [4.69, 9.17) is 11.6 Å². The third-order valence-corrected chi connectivity index (χ3v) is 5.07. The van der Waals surface area contributed by atoms with Gasteiger partial charge >= 0.3 is 0 Å². The lowest BCUT2D eigenvalue weighted by Gasteiger charge is -2.16. The highest BCUT2D eigenvalue weighted by Gasteiger charge is 2.22. The van der Waals surface area contributed by atoms with Gasteiger partial charge in [0.15, 0.2) is 0 Å². The van der Waals surface area contributed by atoms with Crippen molar-refractivity contribution in [3.8, 4) is 0 Å². The minimum Gasteiger partial charge on any atom is -0.350 e. The van der Waals surface area contributed by atoms with E-state index in [1.807, 2.05) is 42.5 Å². The minimum absolute atomic E-state index is 0.200. The number of carbonyl (C=O) groups excluding carboxylic acids is 1. The van der Waals surface area contributed by atoms with Gasteiger partial charge in [0.25, 0.3) is 5.56 Å². The maximum absolute atomic E-state index is 12.8. The van der Waals surface area contributed by atoms with Crippen LogP contribution in [0.5, 0.6) is 0 Å². The van der Waals surface area contributed by atoms with Crippen molar-refractivity contribution in [3.05, 3.63) is 75.7 Å². The smallest absolute Gasteiger partial charge is 0.288 e. The second-order valence-electron chi connectivity index (χ2n) is 6.33. The van der Waals surface area contributed by atoms with Gasteiger partial charge in [0.05, 0.1) is 11.7 Å². The van der Waals surface area contributed by atoms with E-state index < -0.39 is 6.04 Å². The first kappa shape index (κ1) is 17.3. The Bertz CT molecular complexity index is 1210. The predicted octanol–water partition coefficient (Wildman–Crippen LogP) is 3.41. The van der Waals surface area contributed by atoms with Crippen molar-refractivity contribution in [3.63, 3.8) is 0 Å². The molecular formula is C20H17ClN4O2. The Balaban J connectivity index is 1.73. The topological polar surface area (TPSA) is 79.8 Å². The molecule has 0 aliphatic heterocycles. The number of aromatic nitrogens is 3. The van der Waals surface area contributed by atoms with Crippen LogP contribution in [0, 0.1) is 0 Å². The Hall–Kier alpha value is -3.12. The van der Waals surface area contributed by atoms with Crippen molar-refractivity contribution in [1.82, 2.24) is 20.1 Å². The number of nitrogens with zero attached hydrogens (tertiary/aromatic N) is 2. The van der Waals surface area contributed by atoms with E-state index >= 15 is 0 Å². The summed E-state index contributed by atoms with van der Waals surface area (Å²) >= 11 is 6.15. The number of amides is 1. The Morgan fingerprint density at radius 3 is 2.74 bits per heavy atom. The normalized spacial score (nSPS) is 12.4. The highest BCUT2D eigenvalue weighted by Crippen LogP contribution is 2.29. The van der Waals surface area contributed by atoms with Gasteiger partial charge in [-0.25, -0.2) is 5.10 Å². The largest absolute Gasteiger partial charge is 0.350 e. The van der Waals surface area contributed by atoms with Crippen molar-refractivity contribution in [1.29, 1.82) is 0 Å². The fourth-order valence-electron chi connectivity index (χ4n) is 3.35. The summed E-state index contributed by atoms with van der Waals surface area (Å²) < 4.78 is 1.76. The molecule has 0 aliphatic carbocycles. The first-order valence-corrected chi connectivity index (χ1v) is 8.93. The fourth-order valence-corrected chi connectivity index (χ4v) is 3.55. The molecule has 6 nitrogen and oxygen atoms in total. The predicted molar refractivity (Wildman–Crippen MR) is 106 cm³/mol. The summed E-state index contributed by atoms with van der Waals surface area (Å²) in [6, 6.07) is 14.4. The molecule has 0 saturated heterocycles. The molecule has 7 heteroatoms. The first-order chi connectivity index (χ1) is 13.1. The monoisotopic (exact) mass is 380 g/mol. The molecule has 0 radical (unpaired) electrons.